The number of rotatable bonds is 6. The van der Waals surface area contributed by atoms with Gasteiger partial charge < -0.3 is 10.6 Å². The van der Waals surface area contributed by atoms with Crippen LogP contribution in [0.15, 0.2) is 5.38 Å². The van der Waals surface area contributed by atoms with E-state index in [2.05, 4.69) is 19.2 Å². The van der Waals surface area contributed by atoms with E-state index in [-0.39, 0.29) is 11.9 Å². The summed E-state index contributed by atoms with van der Waals surface area (Å²) in [5.41, 5.74) is 7.21. The first kappa shape index (κ1) is 17.8. The molecule has 1 aromatic rings. The number of thiazole rings is 1. The van der Waals surface area contributed by atoms with Crippen molar-refractivity contribution in [2.24, 2.45) is 5.73 Å². The van der Waals surface area contributed by atoms with Crippen LogP contribution >= 0.6 is 23.1 Å². The Morgan fingerprint density at radius 3 is 3.00 bits per heavy atom. The van der Waals surface area contributed by atoms with Gasteiger partial charge in [0.25, 0.3) is 0 Å². The number of amides is 1. The lowest BCUT2D eigenvalue weighted by atomic mass is 9.97. The highest BCUT2D eigenvalue weighted by molar-refractivity contribution is 7.98. The zero-order valence-electron chi connectivity index (χ0n) is 13.7. The number of likely N-dealkylation sites (tertiary alicyclic amines) is 1. The molecule has 0 radical (unpaired) electrons. The molecule has 1 saturated heterocycles. The number of aromatic nitrogens is 1. The van der Waals surface area contributed by atoms with Gasteiger partial charge in [0.15, 0.2) is 0 Å². The number of thioether (sulfide) groups is 1. The molecule has 0 saturated carbocycles. The normalized spacial score (nSPS) is 20.4. The van der Waals surface area contributed by atoms with Crippen molar-refractivity contribution in [2.45, 2.75) is 51.0 Å². The Bertz CT molecular complexity index is 489. The van der Waals surface area contributed by atoms with Crippen LogP contribution in [0.3, 0.4) is 0 Å². The first-order valence-electron chi connectivity index (χ1n) is 8.01. The first-order valence-corrected chi connectivity index (χ1v) is 10.3. The summed E-state index contributed by atoms with van der Waals surface area (Å²) in [5.74, 6) is 1.89. The Morgan fingerprint density at radius 2 is 2.36 bits per heavy atom. The number of nitrogens with two attached hydrogens (primary N) is 1. The first-order chi connectivity index (χ1) is 10.5. The molecule has 2 rings (SSSR count). The Balaban J connectivity index is 1.97. The number of hydrogen-bond acceptors (Lipinski definition) is 5. The third kappa shape index (κ3) is 4.46. The van der Waals surface area contributed by atoms with E-state index in [1.54, 1.807) is 23.1 Å². The Labute approximate surface area is 141 Å². The minimum absolute atomic E-state index is 0.111. The van der Waals surface area contributed by atoms with Gasteiger partial charge in [-0.25, -0.2) is 4.98 Å². The highest BCUT2D eigenvalue weighted by Crippen LogP contribution is 2.31. The molecule has 0 spiro atoms. The largest absolute Gasteiger partial charge is 0.341 e. The topological polar surface area (TPSA) is 59.2 Å². The maximum Gasteiger partial charge on any atom is 0.239 e. The predicted octanol–water partition coefficient (Wildman–Crippen LogP) is 3.05. The van der Waals surface area contributed by atoms with E-state index in [0.29, 0.717) is 11.8 Å². The Kier molecular flexibility index (Phi) is 6.71. The van der Waals surface area contributed by atoms with E-state index in [4.69, 9.17) is 10.7 Å². The molecule has 1 fully saturated rings. The van der Waals surface area contributed by atoms with Crippen LogP contribution in [-0.2, 0) is 4.79 Å². The molecule has 124 valence electrons. The van der Waals surface area contributed by atoms with Crippen molar-refractivity contribution in [1.29, 1.82) is 0 Å². The summed E-state index contributed by atoms with van der Waals surface area (Å²) in [4.78, 5) is 19.2. The van der Waals surface area contributed by atoms with Crippen molar-refractivity contribution >= 4 is 29.0 Å². The van der Waals surface area contributed by atoms with Crippen LogP contribution in [0.25, 0.3) is 0 Å². The van der Waals surface area contributed by atoms with Gasteiger partial charge in [-0.2, -0.15) is 11.8 Å². The summed E-state index contributed by atoms with van der Waals surface area (Å²) >= 11 is 3.47. The molecule has 2 atom stereocenters. The van der Waals surface area contributed by atoms with E-state index in [1.807, 2.05) is 11.2 Å². The van der Waals surface area contributed by atoms with Gasteiger partial charge in [-0.3, -0.25) is 4.79 Å². The second-order valence-corrected chi connectivity index (χ2v) is 8.15. The minimum atomic E-state index is -0.353. The van der Waals surface area contributed by atoms with Crippen molar-refractivity contribution in [1.82, 2.24) is 9.88 Å². The number of carbonyl (C=O) groups excluding carboxylic acids is 1. The molecule has 0 aliphatic carbocycles. The minimum Gasteiger partial charge on any atom is -0.341 e. The molecule has 22 heavy (non-hydrogen) atoms. The lowest BCUT2D eigenvalue weighted by molar-refractivity contribution is -0.133. The van der Waals surface area contributed by atoms with Crippen LogP contribution in [0.5, 0.6) is 0 Å². The molecule has 0 aromatic carbocycles. The summed E-state index contributed by atoms with van der Waals surface area (Å²) < 4.78 is 0. The van der Waals surface area contributed by atoms with Gasteiger partial charge >= 0.3 is 0 Å². The second kappa shape index (κ2) is 8.31. The highest BCUT2D eigenvalue weighted by atomic mass is 32.2. The molecular weight excluding hydrogens is 314 g/mol. The van der Waals surface area contributed by atoms with Gasteiger partial charge in [0.1, 0.15) is 0 Å². The molecule has 1 aromatic heterocycles. The number of nitrogens with zero attached hydrogens (tertiary/aromatic N) is 2. The van der Waals surface area contributed by atoms with Crippen molar-refractivity contribution < 1.29 is 4.79 Å². The lowest BCUT2D eigenvalue weighted by Crippen LogP contribution is -2.47. The van der Waals surface area contributed by atoms with E-state index in [1.165, 1.54) is 10.7 Å². The zero-order valence-corrected chi connectivity index (χ0v) is 15.4. The predicted molar refractivity (Wildman–Crippen MR) is 95.7 cm³/mol. The molecule has 6 heteroatoms. The molecule has 2 heterocycles. The average Bonchev–Trinajstić information content (AvgIpc) is 3.02. The maximum atomic E-state index is 12.5. The molecule has 2 N–H and O–H groups in total. The maximum absolute atomic E-state index is 12.5. The van der Waals surface area contributed by atoms with Crippen LogP contribution < -0.4 is 5.73 Å². The number of hydrogen-bond donors (Lipinski definition) is 1. The summed E-state index contributed by atoms with van der Waals surface area (Å²) in [6, 6.07) is -0.353. The third-order valence-corrected chi connectivity index (χ3v) is 5.83. The fourth-order valence-electron chi connectivity index (χ4n) is 2.74. The van der Waals surface area contributed by atoms with Crippen LogP contribution in [0, 0.1) is 0 Å². The lowest BCUT2D eigenvalue weighted by Gasteiger charge is -2.33. The molecule has 4 nitrogen and oxygen atoms in total. The van der Waals surface area contributed by atoms with Gasteiger partial charge in [0.05, 0.1) is 16.7 Å². The van der Waals surface area contributed by atoms with Gasteiger partial charge in [0, 0.05) is 24.4 Å². The fraction of sp³-hybridized carbons (Fsp3) is 0.750. The SMILES string of the molecule is CSCC[C@H](N)C(=O)N1CCCC(c2nc(C(C)C)cs2)C1. The van der Waals surface area contributed by atoms with Crippen LogP contribution in [0.1, 0.15) is 55.6 Å². The van der Waals surface area contributed by atoms with Crippen LogP contribution in [-0.4, -0.2) is 46.9 Å². The summed E-state index contributed by atoms with van der Waals surface area (Å²) in [6.07, 6.45) is 4.97. The van der Waals surface area contributed by atoms with E-state index < -0.39 is 0 Å². The van der Waals surface area contributed by atoms with Crippen molar-refractivity contribution in [3.8, 4) is 0 Å². The van der Waals surface area contributed by atoms with Gasteiger partial charge in [0.2, 0.25) is 5.91 Å². The summed E-state index contributed by atoms with van der Waals surface area (Å²) in [5, 5.41) is 3.34. The quantitative estimate of drug-likeness (QED) is 0.864. The monoisotopic (exact) mass is 341 g/mol. The van der Waals surface area contributed by atoms with Crippen molar-refractivity contribution in [3.05, 3.63) is 16.1 Å². The molecule has 1 aliphatic rings. The zero-order chi connectivity index (χ0) is 16.1. The number of carbonyl (C=O) groups is 1. The van der Waals surface area contributed by atoms with E-state index in [9.17, 15) is 4.79 Å². The van der Waals surface area contributed by atoms with Gasteiger partial charge in [-0.05, 0) is 37.2 Å². The van der Waals surface area contributed by atoms with Crippen molar-refractivity contribution in [3.63, 3.8) is 0 Å². The molecule has 0 bridgehead atoms. The smallest absolute Gasteiger partial charge is 0.239 e. The Hall–Kier alpha value is -0.590. The van der Waals surface area contributed by atoms with Crippen LogP contribution in [0.4, 0.5) is 0 Å². The third-order valence-electron chi connectivity index (χ3n) is 4.16. The fourth-order valence-corrected chi connectivity index (χ4v) is 4.33. The van der Waals surface area contributed by atoms with E-state index >= 15 is 0 Å². The van der Waals surface area contributed by atoms with Gasteiger partial charge in [-0.1, -0.05) is 13.8 Å². The standard InChI is InChI=1S/C16H27N3OS2/c1-11(2)14-10-22-15(18-14)12-5-4-7-19(9-12)16(20)13(17)6-8-21-3/h10-13H,4-9,17H2,1-3H3/t12?,13-/m0/s1. The molecule has 1 amide bonds. The Morgan fingerprint density at radius 1 is 1.59 bits per heavy atom. The average molecular weight is 342 g/mol. The van der Waals surface area contributed by atoms with Crippen LogP contribution in [0.2, 0.25) is 0 Å². The van der Waals surface area contributed by atoms with E-state index in [0.717, 1.165) is 38.1 Å². The molecule has 1 aliphatic heterocycles. The molecule has 1 unspecified atom stereocenters. The number of piperidine rings is 1. The summed E-state index contributed by atoms with van der Waals surface area (Å²) in [7, 11) is 0. The van der Waals surface area contributed by atoms with Gasteiger partial charge in [-0.15, -0.1) is 11.3 Å². The second-order valence-electron chi connectivity index (χ2n) is 6.28. The molecular formula is C16H27N3OS2. The van der Waals surface area contributed by atoms with Crippen molar-refractivity contribution in [2.75, 3.05) is 25.1 Å². The highest BCUT2D eigenvalue weighted by Gasteiger charge is 2.29. The summed E-state index contributed by atoms with van der Waals surface area (Å²) in [6.45, 7) is 5.95.